The van der Waals surface area contributed by atoms with Crippen molar-refractivity contribution in [1.82, 2.24) is 4.90 Å². The molecule has 4 nitrogen and oxygen atoms in total. The Labute approximate surface area is 153 Å². The summed E-state index contributed by atoms with van der Waals surface area (Å²) in [6, 6.07) is 15.3. The summed E-state index contributed by atoms with van der Waals surface area (Å²) in [7, 11) is 1.62. The summed E-state index contributed by atoms with van der Waals surface area (Å²) in [5.41, 5.74) is 2.04. The Balaban J connectivity index is 1.72. The third kappa shape index (κ3) is 4.14. The maximum Gasteiger partial charge on any atom is 0.226 e. The topological polar surface area (TPSA) is 49.8 Å². The number of para-hydroxylation sites is 1. The van der Waals surface area contributed by atoms with E-state index in [2.05, 4.69) is 0 Å². The molecule has 5 heteroatoms. The van der Waals surface area contributed by atoms with Gasteiger partial charge in [0, 0.05) is 29.6 Å². The summed E-state index contributed by atoms with van der Waals surface area (Å²) in [6.07, 6.45) is 0.826. The molecule has 0 radical (unpaired) electrons. The van der Waals surface area contributed by atoms with Crippen LogP contribution in [0, 0.1) is 5.92 Å². The maximum atomic E-state index is 12.9. The predicted octanol–water partition coefficient (Wildman–Crippen LogP) is 3.47. The predicted molar refractivity (Wildman–Crippen MR) is 97.8 cm³/mol. The zero-order valence-corrected chi connectivity index (χ0v) is 14.9. The first-order chi connectivity index (χ1) is 12.1. The molecule has 1 fully saturated rings. The number of hydrogen-bond acceptors (Lipinski definition) is 3. The van der Waals surface area contributed by atoms with E-state index in [4.69, 9.17) is 16.3 Å². The third-order valence-electron chi connectivity index (χ3n) is 4.62. The van der Waals surface area contributed by atoms with Gasteiger partial charge in [-0.3, -0.25) is 4.79 Å². The molecule has 0 bridgehead atoms. The molecule has 2 aromatic rings. The molecule has 2 aromatic carbocycles. The zero-order chi connectivity index (χ0) is 17.8. The van der Waals surface area contributed by atoms with Crippen molar-refractivity contribution in [2.24, 2.45) is 5.92 Å². The van der Waals surface area contributed by atoms with Crippen molar-refractivity contribution < 1.29 is 14.6 Å². The Morgan fingerprint density at radius 3 is 2.80 bits per heavy atom. The molecule has 1 saturated carbocycles. The molecular formula is C20H22ClNO3. The van der Waals surface area contributed by atoms with E-state index in [1.165, 1.54) is 0 Å². The number of aliphatic hydroxyl groups is 1. The van der Waals surface area contributed by atoms with Gasteiger partial charge in [0.2, 0.25) is 5.91 Å². The van der Waals surface area contributed by atoms with Crippen LogP contribution in [-0.2, 0) is 11.3 Å². The van der Waals surface area contributed by atoms with Gasteiger partial charge in [-0.2, -0.15) is 0 Å². The van der Waals surface area contributed by atoms with Crippen LogP contribution in [0.1, 0.15) is 23.5 Å². The maximum absolute atomic E-state index is 12.9. The minimum absolute atomic E-state index is 0.0419. The van der Waals surface area contributed by atoms with Crippen molar-refractivity contribution >= 4 is 17.5 Å². The van der Waals surface area contributed by atoms with Gasteiger partial charge < -0.3 is 14.7 Å². The number of methoxy groups -OCH3 is 1. The molecule has 25 heavy (non-hydrogen) atoms. The molecule has 0 unspecified atom stereocenters. The Morgan fingerprint density at radius 2 is 2.08 bits per heavy atom. The van der Waals surface area contributed by atoms with Gasteiger partial charge >= 0.3 is 0 Å². The van der Waals surface area contributed by atoms with E-state index in [0.717, 1.165) is 23.3 Å². The number of benzene rings is 2. The fourth-order valence-electron chi connectivity index (χ4n) is 3.24. The van der Waals surface area contributed by atoms with Crippen molar-refractivity contribution in [3.05, 3.63) is 64.7 Å². The second kappa shape index (κ2) is 7.89. The van der Waals surface area contributed by atoms with Crippen LogP contribution in [0.4, 0.5) is 0 Å². The molecular weight excluding hydrogens is 338 g/mol. The van der Waals surface area contributed by atoms with Crippen molar-refractivity contribution in [2.45, 2.75) is 18.9 Å². The highest BCUT2D eigenvalue weighted by Gasteiger charge is 2.45. The largest absolute Gasteiger partial charge is 0.496 e. The van der Waals surface area contributed by atoms with Crippen molar-refractivity contribution in [2.75, 3.05) is 20.3 Å². The SMILES string of the molecule is COc1ccccc1CN(CCO)C(=O)[C@H]1C[C@@H]1c1cccc(Cl)c1. The number of ether oxygens (including phenoxy) is 1. The van der Waals surface area contributed by atoms with E-state index in [-0.39, 0.29) is 24.3 Å². The van der Waals surface area contributed by atoms with Gasteiger partial charge in [0.1, 0.15) is 5.75 Å². The average molecular weight is 360 g/mol. The second-order valence-corrected chi connectivity index (χ2v) is 6.74. The van der Waals surface area contributed by atoms with E-state index < -0.39 is 0 Å². The van der Waals surface area contributed by atoms with Crippen LogP contribution in [0.2, 0.25) is 5.02 Å². The van der Waals surface area contributed by atoms with E-state index in [0.29, 0.717) is 18.1 Å². The molecule has 0 aromatic heterocycles. The van der Waals surface area contributed by atoms with Crippen LogP contribution in [0.25, 0.3) is 0 Å². The summed E-state index contributed by atoms with van der Waals surface area (Å²) >= 11 is 6.05. The van der Waals surface area contributed by atoms with E-state index in [9.17, 15) is 9.90 Å². The summed E-state index contributed by atoms with van der Waals surface area (Å²) in [5.74, 6) is 0.996. The molecule has 1 aliphatic rings. The number of carbonyl (C=O) groups is 1. The number of carbonyl (C=O) groups excluding carboxylic acids is 1. The monoisotopic (exact) mass is 359 g/mol. The first kappa shape index (κ1) is 17.8. The van der Waals surface area contributed by atoms with Gasteiger partial charge in [0.05, 0.1) is 13.7 Å². The number of amides is 1. The van der Waals surface area contributed by atoms with E-state index in [1.54, 1.807) is 12.0 Å². The molecule has 0 saturated heterocycles. The zero-order valence-electron chi connectivity index (χ0n) is 14.2. The first-order valence-electron chi connectivity index (χ1n) is 8.41. The third-order valence-corrected chi connectivity index (χ3v) is 4.85. The normalized spacial score (nSPS) is 18.7. The lowest BCUT2D eigenvalue weighted by atomic mass is 10.1. The summed E-state index contributed by atoms with van der Waals surface area (Å²) < 4.78 is 5.37. The quantitative estimate of drug-likeness (QED) is 0.823. The lowest BCUT2D eigenvalue weighted by Gasteiger charge is -2.23. The van der Waals surface area contributed by atoms with Gasteiger partial charge in [0.25, 0.3) is 0 Å². The van der Waals surface area contributed by atoms with Crippen molar-refractivity contribution in [3.63, 3.8) is 0 Å². The van der Waals surface area contributed by atoms with Gasteiger partial charge in [-0.05, 0) is 36.1 Å². The van der Waals surface area contributed by atoms with Crippen LogP contribution in [0.5, 0.6) is 5.75 Å². The van der Waals surface area contributed by atoms with Crippen LogP contribution >= 0.6 is 11.6 Å². The Hall–Kier alpha value is -2.04. The molecule has 2 atom stereocenters. The molecule has 1 N–H and O–H groups in total. The van der Waals surface area contributed by atoms with Crippen LogP contribution in [0.15, 0.2) is 48.5 Å². The molecule has 0 spiro atoms. The highest BCUT2D eigenvalue weighted by atomic mass is 35.5. The lowest BCUT2D eigenvalue weighted by molar-refractivity contribution is -0.133. The standard InChI is InChI=1S/C20H22ClNO3/c1-25-19-8-3-2-5-15(19)13-22(9-10-23)20(24)18-12-17(18)14-6-4-7-16(21)11-14/h2-8,11,17-18,23H,9-10,12-13H2,1H3/t17-,18+/m1/s1. The second-order valence-electron chi connectivity index (χ2n) is 6.30. The number of aliphatic hydroxyl groups excluding tert-OH is 1. The van der Waals surface area contributed by atoms with E-state index in [1.807, 2.05) is 48.5 Å². The molecule has 0 aliphatic heterocycles. The Morgan fingerprint density at radius 1 is 1.28 bits per heavy atom. The number of halogens is 1. The molecule has 0 heterocycles. The minimum atomic E-state index is -0.0601. The van der Waals surface area contributed by atoms with Gasteiger partial charge in [0.15, 0.2) is 0 Å². The molecule has 132 valence electrons. The van der Waals surface area contributed by atoms with Gasteiger partial charge in [-0.1, -0.05) is 41.9 Å². The summed E-state index contributed by atoms with van der Waals surface area (Å²) in [5, 5.41) is 10.1. The lowest BCUT2D eigenvalue weighted by Crippen LogP contribution is -2.34. The Kier molecular flexibility index (Phi) is 5.61. The summed E-state index contributed by atoms with van der Waals surface area (Å²) in [6.45, 7) is 0.688. The smallest absolute Gasteiger partial charge is 0.226 e. The highest BCUT2D eigenvalue weighted by molar-refractivity contribution is 6.30. The highest BCUT2D eigenvalue weighted by Crippen LogP contribution is 2.49. The average Bonchev–Trinajstić information content (AvgIpc) is 3.42. The van der Waals surface area contributed by atoms with Crippen molar-refractivity contribution in [3.8, 4) is 5.75 Å². The molecule has 3 rings (SSSR count). The molecule has 1 amide bonds. The van der Waals surface area contributed by atoms with Crippen molar-refractivity contribution in [1.29, 1.82) is 0 Å². The first-order valence-corrected chi connectivity index (χ1v) is 8.79. The fraction of sp³-hybridized carbons (Fsp3) is 0.350. The van der Waals surface area contributed by atoms with Gasteiger partial charge in [-0.15, -0.1) is 0 Å². The minimum Gasteiger partial charge on any atom is -0.496 e. The summed E-state index contributed by atoms with van der Waals surface area (Å²) in [4.78, 5) is 14.6. The van der Waals surface area contributed by atoms with Crippen LogP contribution in [-0.4, -0.2) is 36.2 Å². The fourth-order valence-corrected chi connectivity index (χ4v) is 3.43. The number of hydrogen-bond donors (Lipinski definition) is 1. The van der Waals surface area contributed by atoms with Crippen LogP contribution in [0.3, 0.4) is 0 Å². The van der Waals surface area contributed by atoms with E-state index >= 15 is 0 Å². The Bertz CT molecular complexity index is 749. The molecule has 1 aliphatic carbocycles. The number of rotatable bonds is 7. The van der Waals surface area contributed by atoms with Gasteiger partial charge in [-0.25, -0.2) is 0 Å². The van der Waals surface area contributed by atoms with Crippen LogP contribution < -0.4 is 4.74 Å². The number of nitrogens with zero attached hydrogens (tertiary/aromatic N) is 1.